The summed E-state index contributed by atoms with van der Waals surface area (Å²) in [4.78, 5) is 12.4. The number of hydrogen-bond donors (Lipinski definition) is 2. The van der Waals surface area contributed by atoms with Gasteiger partial charge in [0.05, 0.1) is 17.0 Å². The van der Waals surface area contributed by atoms with Gasteiger partial charge in [-0.1, -0.05) is 12.1 Å². The second-order valence-corrected chi connectivity index (χ2v) is 5.78. The number of amides is 1. The molecule has 3 rings (SSSR count). The number of rotatable bonds is 4. The van der Waals surface area contributed by atoms with Gasteiger partial charge in [0.25, 0.3) is 0 Å². The van der Waals surface area contributed by atoms with Crippen LogP contribution >= 0.6 is 11.3 Å². The van der Waals surface area contributed by atoms with E-state index in [-0.39, 0.29) is 12.0 Å². The Morgan fingerprint density at radius 3 is 2.90 bits per heavy atom. The molecule has 1 amide bonds. The lowest BCUT2D eigenvalue weighted by atomic mass is 10.0. The molecule has 1 aromatic heterocycles. The molecule has 4 nitrogen and oxygen atoms in total. The summed E-state index contributed by atoms with van der Waals surface area (Å²) in [5.41, 5.74) is 7.92. The Kier molecular flexibility index (Phi) is 4.01. The van der Waals surface area contributed by atoms with Crippen molar-refractivity contribution < 1.29 is 13.9 Å². The minimum Gasteiger partial charge on any atom is -0.366 e. The summed E-state index contributed by atoms with van der Waals surface area (Å²) in [6, 6.07) is 6.33. The topological polar surface area (TPSA) is 64.4 Å². The lowest BCUT2D eigenvalue weighted by Crippen LogP contribution is -2.28. The van der Waals surface area contributed by atoms with Gasteiger partial charge < -0.3 is 10.5 Å². The highest BCUT2D eigenvalue weighted by Gasteiger charge is 2.26. The van der Waals surface area contributed by atoms with Gasteiger partial charge in [0.1, 0.15) is 12.0 Å². The third-order valence-corrected chi connectivity index (χ3v) is 4.54. The number of halogens is 1. The Hall–Kier alpha value is -1.76. The number of ether oxygens (including phenoxy) is 1. The monoisotopic (exact) mass is 306 g/mol. The normalized spacial score (nSPS) is 17.5. The van der Waals surface area contributed by atoms with Crippen LogP contribution < -0.4 is 11.1 Å². The molecular weight excluding hydrogens is 291 g/mol. The van der Waals surface area contributed by atoms with Crippen molar-refractivity contribution in [3.63, 3.8) is 0 Å². The number of primary amides is 1. The summed E-state index contributed by atoms with van der Waals surface area (Å²) < 4.78 is 18.6. The Morgan fingerprint density at radius 2 is 2.19 bits per heavy atom. The zero-order valence-corrected chi connectivity index (χ0v) is 12.1. The molecule has 0 radical (unpaired) electrons. The standard InChI is InChI=1S/C15H15FN2O2S/c16-10-3-1-9(2-4-10)7-18-15-13-11(5-6-20-15)12(8-21-13)14(17)19/h1-4,8,15,18H,5-7H2,(H2,17,19). The summed E-state index contributed by atoms with van der Waals surface area (Å²) in [5, 5.41) is 5.07. The summed E-state index contributed by atoms with van der Waals surface area (Å²) in [6.45, 7) is 1.11. The van der Waals surface area contributed by atoms with Gasteiger partial charge in [-0.15, -0.1) is 11.3 Å². The second kappa shape index (κ2) is 5.93. The third kappa shape index (κ3) is 2.97. The molecule has 3 N–H and O–H groups in total. The number of nitrogens with two attached hydrogens (primary N) is 1. The molecule has 0 bridgehead atoms. The Bertz CT molecular complexity index is 654. The van der Waals surface area contributed by atoms with Crippen LogP contribution in [0.5, 0.6) is 0 Å². The minimum absolute atomic E-state index is 0.251. The van der Waals surface area contributed by atoms with E-state index in [1.807, 2.05) is 0 Å². The quantitative estimate of drug-likeness (QED) is 0.911. The smallest absolute Gasteiger partial charge is 0.249 e. The minimum atomic E-state index is -0.397. The lowest BCUT2D eigenvalue weighted by Gasteiger charge is -2.24. The first kappa shape index (κ1) is 14.2. The fraction of sp³-hybridized carbons (Fsp3) is 0.267. The SMILES string of the molecule is NC(=O)c1csc2c1CCOC2NCc1ccc(F)cc1. The molecule has 6 heteroatoms. The van der Waals surface area contributed by atoms with Crippen LogP contribution in [0.2, 0.25) is 0 Å². The van der Waals surface area contributed by atoms with Crippen molar-refractivity contribution in [1.29, 1.82) is 0 Å². The fourth-order valence-electron chi connectivity index (χ4n) is 2.40. The average molecular weight is 306 g/mol. The summed E-state index contributed by atoms with van der Waals surface area (Å²) in [5.74, 6) is -0.647. The van der Waals surface area contributed by atoms with Crippen molar-refractivity contribution in [3.05, 3.63) is 57.0 Å². The van der Waals surface area contributed by atoms with Gasteiger partial charge in [-0.3, -0.25) is 10.1 Å². The first-order valence-electron chi connectivity index (χ1n) is 6.64. The largest absolute Gasteiger partial charge is 0.366 e. The molecule has 0 spiro atoms. The highest BCUT2D eigenvalue weighted by molar-refractivity contribution is 7.10. The Morgan fingerprint density at radius 1 is 1.43 bits per heavy atom. The van der Waals surface area contributed by atoms with Crippen molar-refractivity contribution >= 4 is 17.2 Å². The number of carbonyl (C=O) groups is 1. The number of hydrogen-bond acceptors (Lipinski definition) is 4. The molecule has 1 atom stereocenters. The maximum atomic E-state index is 12.9. The lowest BCUT2D eigenvalue weighted by molar-refractivity contribution is 0.0201. The van der Waals surface area contributed by atoms with Gasteiger partial charge in [0.15, 0.2) is 0 Å². The van der Waals surface area contributed by atoms with Crippen molar-refractivity contribution in [1.82, 2.24) is 5.32 Å². The van der Waals surface area contributed by atoms with E-state index in [2.05, 4.69) is 5.32 Å². The number of carbonyl (C=O) groups excluding carboxylic acids is 1. The molecule has 2 aromatic rings. The van der Waals surface area contributed by atoms with Crippen LogP contribution in [0.25, 0.3) is 0 Å². The number of thiophene rings is 1. The molecule has 0 saturated heterocycles. The average Bonchev–Trinajstić information content (AvgIpc) is 2.91. The highest BCUT2D eigenvalue weighted by atomic mass is 32.1. The van der Waals surface area contributed by atoms with Gasteiger partial charge >= 0.3 is 0 Å². The van der Waals surface area contributed by atoms with Gasteiger partial charge in [0, 0.05) is 11.9 Å². The first-order valence-corrected chi connectivity index (χ1v) is 7.52. The van der Waals surface area contributed by atoms with Crippen LogP contribution in [0, 0.1) is 5.82 Å². The molecule has 1 aliphatic rings. The van der Waals surface area contributed by atoms with Crippen LogP contribution in [-0.4, -0.2) is 12.5 Å². The van der Waals surface area contributed by atoms with Gasteiger partial charge in [-0.2, -0.15) is 0 Å². The van der Waals surface area contributed by atoms with Gasteiger partial charge in [0.2, 0.25) is 5.91 Å². The van der Waals surface area contributed by atoms with E-state index in [0.717, 1.165) is 16.0 Å². The van der Waals surface area contributed by atoms with Crippen LogP contribution in [-0.2, 0) is 17.7 Å². The zero-order chi connectivity index (χ0) is 14.8. The summed E-state index contributed by atoms with van der Waals surface area (Å²) >= 11 is 1.48. The summed E-state index contributed by atoms with van der Waals surface area (Å²) in [6.07, 6.45) is 0.447. The maximum Gasteiger partial charge on any atom is 0.249 e. The van der Waals surface area contributed by atoms with Crippen molar-refractivity contribution in [3.8, 4) is 0 Å². The molecule has 0 aliphatic carbocycles. The number of nitrogens with one attached hydrogen (secondary N) is 1. The molecule has 0 fully saturated rings. The van der Waals surface area contributed by atoms with E-state index in [4.69, 9.17) is 10.5 Å². The third-order valence-electron chi connectivity index (χ3n) is 3.47. The van der Waals surface area contributed by atoms with Crippen molar-refractivity contribution in [2.24, 2.45) is 5.73 Å². The van der Waals surface area contributed by atoms with Crippen molar-refractivity contribution in [2.45, 2.75) is 19.2 Å². The molecule has 0 saturated carbocycles. The maximum absolute atomic E-state index is 12.9. The molecule has 2 heterocycles. The Balaban J connectivity index is 1.73. The number of fused-ring (bicyclic) bond motifs is 1. The molecule has 110 valence electrons. The first-order chi connectivity index (χ1) is 10.1. The van der Waals surface area contributed by atoms with E-state index in [1.165, 1.54) is 23.5 Å². The number of benzene rings is 1. The highest BCUT2D eigenvalue weighted by Crippen LogP contribution is 2.33. The van der Waals surface area contributed by atoms with E-state index >= 15 is 0 Å². The van der Waals surface area contributed by atoms with Crippen LogP contribution in [0.1, 0.15) is 32.6 Å². The summed E-state index contributed by atoms with van der Waals surface area (Å²) in [7, 11) is 0. The molecule has 1 aliphatic heterocycles. The predicted octanol–water partition coefficient (Wildman–Crippen LogP) is 2.35. The van der Waals surface area contributed by atoms with Crippen molar-refractivity contribution in [2.75, 3.05) is 6.61 Å². The van der Waals surface area contributed by atoms with Crippen LogP contribution in [0.3, 0.4) is 0 Å². The predicted molar refractivity (Wildman–Crippen MR) is 78.5 cm³/mol. The molecular formula is C15H15FN2O2S. The van der Waals surface area contributed by atoms with Gasteiger partial charge in [-0.05, 0) is 29.7 Å². The Labute approximate surface area is 125 Å². The second-order valence-electron chi connectivity index (χ2n) is 4.86. The van der Waals surface area contributed by atoms with E-state index in [0.29, 0.717) is 25.1 Å². The molecule has 1 unspecified atom stereocenters. The zero-order valence-electron chi connectivity index (χ0n) is 11.3. The van der Waals surface area contributed by atoms with Crippen LogP contribution in [0.4, 0.5) is 4.39 Å². The van der Waals surface area contributed by atoms with E-state index in [9.17, 15) is 9.18 Å². The van der Waals surface area contributed by atoms with Crippen LogP contribution in [0.15, 0.2) is 29.6 Å². The van der Waals surface area contributed by atoms with E-state index < -0.39 is 5.91 Å². The molecule has 1 aromatic carbocycles. The van der Waals surface area contributed by atoms with Gasteiger partial charge in [-0.25, -0.2) is 4.39 Å². The molecule has 21 heavy (non-hydrogen) atoms. The van der Waals surface area contributed by atoms with E-state index in [1.54, 1.807) is 17.5 Å². The fourth-order valence-corrected chi connectivity index (χ4v) is 3.53.